The van der Waals surface area contributed by atoms with Gasteiger partial charge in [0.25, 0.3) is 5.91 Å². The zero-order valence-electron chi connectivity index (χ0n) is 6.47. The van der Waals surface area contributed by atoms with Crippen molar-refractivity contribution in [3.63, 3.8) is 0 Å². The van der Waals surface area contributed by atoms with E-state index < -0.39 is 5.91 Å². The smallest absolute Gasteiger partial charge is 0.252 e. The predicted octanol–water partition coefficient (Wildman–Crippen LogP) is 0.827. The molecule has 4 nitrogen and oxygen atoms in total. The number of pyridine rings is 1. The molecule has 0 aliphatic carbocycles. The summed E-state index contributed by atoms with van der Waals surface area (Å²) in [6.45, 7) is 0. The van der Waals surface area contributed by atoms with Crippen LogP contribution in [-0.2, 0) is 0 Å². The number of amides is 1. The van der Waals surface area contributed by atoms with Crippen LogP contribution in [0.15, 0.2) is 12.3 Å². The zero-order chi connectivity index (χ0) is 9.14. The van der Waals surface area contributed by atoms with E-state index in [1.165, 1.54) is 0 Å². The number of hydrogen-bond acceptors (Lipinski definition) is 3. The van der Waals surface area contributed by atoms with Gasteiger partial charge in [0.2, 0.25) is 0 Å². The standard InChI is InChI=1S/C7H8IN3O/c1-10-7-5(6(9)12)2-4(8)3-11-7/h2-3H,1H3,(H2,9,12)(H,10,11). The predicted molar refractivity (Wildman–Crippen MR) is 55.0 cm³/mol. The van der Waals surface area contributed by atoms with Crippen molar-refractivity contribution in [1.29, 1.82) is 0 Å². The third-order valence-electron chi connectivity index (χ3n) is 1.36. The Morgan fingerprint density at radius 3 is 2.92 bits per heavy atom. The molecule has 0 saturated carbocycles. The molecule has 1 amide bonds. The lowest BCUT2D eigenvalue weighted by Crippen LogP contribution is -2.14. The summed E-state index contributed by atoms with van der Waals surface area (Å²) < 4.78 is 0.889. The number of aromatic nitrogens is 1. The van der Waals surface area contributed by atoms with Crippen molar-refractivity contribution in [3.8, 4) is 0 Å². The highest BCUT2D eigenvalue weighted by Gasteiger charge is 2.07. The van der Waals surface area contributed by atoms with E-state index in [-0.39, 0.29) is 0 Å². The normalized spacial score (nSPS) is 9.50. The van der Waals surface area contributed by atoms with Crippen LogP contribution in [0.1, 0.15) is 10.4 Å². The maximum atomic E-state index is 10.9. The molecule has 0 fully saturated rings. The molecule has 0 aromatic carbocycles. The first-order chi connectivity index (χ1) is 5.65. The number of carbonyl (C=O) groups is 1. The van der Waals surface area contributed by atoms with Crippen LogP contribution in [0.5, 0.6) is 0 Å². The third-order valence-corrected chi connectivity index (χ3v) is 1.95. The Morgan fingerprint density at radius 2 is 2.42 bits per heavy atom. The number of rotatable bonds is 2. The topological polar surface area (TPSA) is 68.0 Å². The molecule has 5 heteroatoms. The molecule has 0 radical (unpaired) electrons. The van der Waals surface area contributed by atoms with E-state index in [0.29, 0.717) is 11.4 Å². The van der Waals surface area contributed by atoms with E-state index in [9.17, 15) is 4.79 Å². The minimum atomic E-state index is -0.467. The van der Waals surface area contributed by atoms with Gasteiger partial charge >= 0.3 is 0 Å². The van der Waals surface area contributed by atoms with Crippen molar-refractivity contribution in [3.05, 3.63) is 21.4 Å². The van der Waals surface area contributed by atoms with Gasteiger partial charge in [-0.1, -0.05) is 0 Å². The monoisotopic (exact) mass is 277 g/mol. The lowest BCUT2D eigenvalue weighted by atomic mass is 10.2. The van der Waals surface area contributed by atoms with Crippen molar-refractivity contribution >= 4 is 34.3 Å². The molecule has 64 valence electrons. The third kappa shape index (κ3) is 1.84. The SMILES string of the molecule is CNc1ncc(I)cc1C(N)=O. The zero-order valence-corrected chi connectivity index (χ0v) is 8.62. The van der Waals surface area contributed by atoms with E-state index in [4.69, 9.17) is 5.73 Å². The van der Waals surface area contributed by atoms with Crippen LogP contribution >= 0.6 is 22.6 Å². The summed E-state index contributed by atoms with van der Waals surface area (Å²) in [7, 11) is 1.70. The van der Waals surface area contributed by atoms with E-state index in [2.05, 4.69) is 32.9 Å². The molecular formula is C7H8IN3O. The molecule has 1 rings (SSSR count). The highest BCUT2D eigenvalue weighted by Crippen LogP contribution is 2.13. The van der Waals surface area contributed by atoms with Crippen molar-refractivity contribution in [2.45, 2.75) is 0 Å². The summed E-state index contributed by atoms with van der Waals surface area (Å²) in [4.78, 5) is 14.9. The summed E-state index contributed by atoms with van der Waals surface area (Å²) in [5, 5.41) is 2.79. The molecule has 0 spiro atoms. The maximum absolute atomic E-state index is 10.9. The quantitative estimate of drug-likeness (QED) is 0.787. The fourth-order valence-electron chi connectivity index (χ4n) is 0.826. The van der Waals surface area contributed by atoms with Gasteiger partial charge in [0, 0.05) is 16.8 Å². The second-order valence-corrected chi connectivity index (χ2v) is 3.41. The molecule has 0 unspecified atom stereocenters. The molecule has 1 heterocycles. The van der Waals surface area contributed by atoms with Gasteiger partial charge < -0.3 is 11.1 Å². The summed E-state index contributed by atoms with van der Waals surface area (Å²) in [6, 6.07) is 1.70. The lowest BCUT2D eigenvalue weighted by molar-refractivity contribution is 0.100. The maximum Gasteiger partial charge on any atom is 0.252 e. The van der Waals surface area contributed by atoms with Gasteiger partial charge in [0.1, 0.15) is 5.82 Å². The second kappa shape index (κ2) is 3.70. The summed E-state index contributed by atoms with van der Waals surface area (Å²) in [6.07, 6.45) is 1.67. The molecule has 12 heavy (non-hydrogen) atoms. The van der Waals surface area contributed by atoms with E-state index in [1.54, 1.807) is 19.3 Å². The Labute approximate surface area is 83.7 Å². The number of halogens is 1. The molecule has 0 atom stereocenters. The van der Waals surface area contributed by atoms with Crippen LogP contribution in [0.3, 0.4) is 0 Å². The number of hydrogen-bond donors (Lipinski definition) is 2. The molecule has 1 aromatic rings. The molecule has 1 aromatic heterocycles. The highest BCUT2D eigenvalue weighted by atomic mass is 127. The van der Waals surface area contributed by atoms with Crippen LogP contribution in [0.25, 0.3) is 0 Å². The number of nitrogens with zero attached hydrogens (tertiary/aromatic N) is 1. The number of primary amides is 1. The Kier molecular flexibility index (Phi) is 2.85. The summed E-state index contributed by atoms with van der Waals surface area (Å²) >= 11 is 2.07. The molecule has 0 aliphatic rings. The summed E-state index contributed by atoms with van der Waals surface area (Å²) in [5.74, 6) is 0.0493. The van der Waals surface area contributed by atoms with Gasteiger partial charge in [-0.3, -0.25) is 4.79 Å². The molecule has 0 bridgehead atoms. The Morgan fingerprint density at radius 1 is 1.75 bits per heavy atom. The van der Waals surface area contributed by atoms with Crippen molar-refractivity contribution in [1.82, 2.24) is 4.98 Å². The Balaban J connectivity index is 3.21. The van der Waals surface area contributed by atoms with Crippen LogP contribution in [0.4, 0.5) is 5.82 Å². The van der Waals surface area contributed by atoms with E-state index in [0.717, 1.165) is 3.57 Å². The van der Waals surface area contributed by atoms with E-state index in [1.807, 2.05) is 0 Å². The largest absolute Gasteiger partial charge is 0.372 e. The minimum absolute atomic E-state index is 0.421. The first kappa shape index (κ1) is 9.24. The molecule has 0 saturated heterocycles. The van der Waals surface area contributed by atoms with Gasteiger partial charge in [-0.2, -0.15) is 0 Å². The molecular weight excluding hydrogens is 269 g/mol. The van der Waals surface area contributed by atoms with Crippen LogP contribution < -0.4 is 11.1 Å². The summed E-state index contributed by atoms with van der Waals surface area (Å²) in [5.41, 5.74) is 5.56. The fourth-order valence-corrected chi connectivity index (χ4v) is 1.28. The number of nitrogens with two attached hydrogens (primary N) is 1. The Bertz CT molecular complexity index is 314. The molecule has 0 aliphatic heterocycles. The van der Waals surface area contributed by atoms with Crippen LogP contribution in [0, 0.1) is 3.57 Å². The average Bonchev–Trinajstić information content (AvgIpc) is 2.04. The van der Waals surface area contributed by atoms with E-state index >= 15 is 0 Å². The highest BCUT2D eigenvalue weighted by molar-refractivity contribution is 14.1. The first-order valence-electron chi connectivity index (χ1n) is 3.28. The van der Waals surface area contributed by atoms with Gasteiger partial charge in [-0.15, -0.1) is 0 Å². The van der Waals surface area contributed by atoms with Crippen LogP contribution in [-0.4, -0.2) is 17.9 Å². The van der Waals surface area contributed by atoms with Crippen LogP contribution in [0.2, 0.25) is 0 Å². The number of anilines is 1. The van der Waals surface area contributed by atoms with Crippen molar-refractivity contribution < 1.29 is 4.79 Å². The van der Waals surface area contributed by atoms with Gasteiger partial charge in [-0.05, 0) is 28.7 Å². The van der Waals surface area contributed by atoms with Gasteiger partial charge in [-0.25, -0.2) is 4.98 Å². The minimum Gasteiger partial charge on any atom is -0.372 e. The lowest BCUT2D eigenvalue weighted by Gasteiger charge is -2.03. The number of carbonyl (C=O) groups excluding carboxylic acids is 1. The first-order valence-corrected chi connectivity index (χ1v) is 4.36. The van der Waals surface area contributed by atoms with Crippen molar-refractivity contribution in [2.24, 2.45) is 5.73 Å². The average molecular weight is 277 g/mol. The van der Waals surface area contributed by atoms with Gasteiger partial charge in [0.15, 0.2) is 0 Å². The number of nitrogens with one attached hydrogen (secondary N) is 1. The van der Waals surface area contributed by atoms with Gasteiger partial charge in [0.05, 0.1) is 5.56 Å². The molecule has 3 N–H and O–H groups in total. The Hall–Kier alpha value is -0.850. The fraction of sp³-hybridized carbons (Fsp3) is 0.143. The van der Waals surface area contributed by atoms with Crippen molar-refractivity contribution in [2.75, 3.05) is 12.4 Å². The second-order valence-electron chi connectivity index (χ2n) is 2.16.